The van der Waals surface area contributed by atoms with Crippen molar-refractivity contribution in [3.05, 3.63) is 94.5 Å². The van der Waals surface area contributed by atoms with Gasteiger partial charge < -0.3 is 20.1 Å². The van der Waals surface area contributed by atoms with E-state index in [9.17, 15) is 22.4 Å². The Labute approximate surface area is 225 Å². The average Bonchev–Trinajstić information content (AvgIpc) is 3.33. The molecule has 0 aromatic heterocycles. The van der Waals surface area contributed by atoms with Crippen molar-refractivity contribution in [2.24, 2.45) is 0 Å². The number of nitrogens with one attached hydrogen (secondary N) is 2. The zero-order valence-corrected chi connectivity index (χ0v) is 21.8. The van der Waals surface area contributed by atoms with E-state index in [-0.39, 0.29) is 22.6 Å². The molecule has 0 bridgehead atoms. The minimum Gasteiger partial charge on any atom is -0.464 e. The van der Waals surface area contributed by atoms with Gasteiger partial charge in [-0.25, -0.2) is 4.39 Å². The highest BCUT2D eigenvalue weighted by molar-refractivity contribution is 6.02. The summed E-state index contributed by atoms with van der Waals surface area (Å²) in [7, 11) is 0. The van der Waals surface area contributed by atoms with Gasteiger partial charge in [-0.3, -0.25) is 9.69 Å². The van der Waals surface area contributed by atoms with Crippen molar-refractivity contribution in [2.75, 3.05) is 38.2 Å². The number of halogens is 4. The summed E-state index contributed by atoms with van der Waals surface area (Å²) in [6.07, 6.45) is 2.72. The van der Waals surface area contributed by atoms with Crippen LogP contribution in [-0.2, 0) is 10.9 Å². The summed E-state index contributed by atoms with van der Waals surface area (Å²) in [5.74, 6) is -1.22. The molecule has 1 atom stereocenters. The fourth-order valence-corrected chi connectivity index (χ4v) is 4.47. The number of morpholine rings is 1. The second kappa shape index (κ2) is 12.5. The smallest absolute Gasteiger partial charge is 0.416 e. The molecule has 2 N–H and O–H groups in total. The van der Waals surface area contributed by atoms with Crippen LogP contribution in [0.3, 0.4) is 0 Å². The normalized spacial score (nSPS) is 18.6. The first-order chi connectivity index (χ1) is 18.7. The second-order valence-corrected chi connectivity index (χ2v) is 9.29. The number of carbonyl (C=O) groups excluding carboxylic acids is 1. The van der Waals surface area contributed by atoms with Gasteiger partial charge in [0.25, 0.3) is 5.91 Å². The Morgan fingerprint density at radius 1 is 1.21 bits per heavy atom. The Kier molecular flexibility index (Phi) is 9.08. The Hall–Kier alpha value is -3.63. The van der Waals surface area contributed by atoms with E-state index in [1.807, 2.05) is 12.2 Å². The number of benzene rings is 2. The first kappa shape index (κ1) is 28.4. The van der Waals surface area contributed by atoms with Crippen molar-refractivity contribution in [1.29, 1.82) is 0 Å². The van der Waals surface area contributed by atoms with Gasteiger partial charge in [-0.15, -0.1) is 0 Å². The average molecular weight is 546 g/mol. The molecule has 4 rings (SSSR count). The van der Waals surface area contributed by atoms with Gasteiger partial charge in [0.1, 0.15) is 11.6 Å². The SMILES string of the molecule is CC/C=C(/C=C\C=C(/C)NC(=O)c1cccc2c1NC(c1ccc(F)cc1C(F)(F)F)O2)CN1CCOCC1. The van der Waals surface area contributed by atoms with Crippen molar-refractivity contribution < 1.29 is 31.8 Å². The highest BCUT2D eigenvalue weighted by Gasteiger charge is 2.38. The van der Waals surface area contributed by atoms with Crippen molar-refractivity contribution in [2.45, 2.75) is 32.7 Å². The minimum absolute atomic E-state index is 0.210. The first-order valence-electron chi connectivity index (χ1n) is 12.7. The maximum absolute atomic E-state index is 13.6. The van der Waals surface area contributed by atoms with Gasteiger partial charge in [-0.2, -0.15) is 13.2 Å². The standard InChI is InChI=1S/C29H31F4N3O3/c1-3-6-20(18-36-13-15-38-16-14-36)8-4-7-19(2)34-27(37)23-9-5-10-25-26(23)35-28(39-25)22-12-11-21(30)17-24(22)29(31,32)33/h4-12,17,28,35H,3,13-16,18H2,1-2H3,(H,34,37)/b8-4-,19-7+,20-6-. The molecule has 6 nitrogen and oxygen atoms in total. The third kappa shape index (κ3) is 7.27. The van der Waals surface area contributed by atoms with E-state index >= 15 is 0 Å². The molecule has 0 saturated carbocycles. The molecule has 208 valence electrons. The van der Waals surface area contributed by atoms with Crippen LogP contribution in [0.25, 0.3) is 0 Å². The summed E-state index contributed by atoms with van der Waals surface area (Å²) in [4.78, 5) is 15.4. The summed E-state index contributed by atoms with van der Waals surface area (Å²) < 4.78 is 65.3. The van der Waals surface area contributed by atoms with Gasteiger partial charge >= 0.3 is 6.18 Å². The monoisotopic (exact) mass is 545 g/mol. The van der Waals surface area contributed by atoms with E-state index in [0.717, 1.165) is 51.4 Å². The molecule has 2 aromatic rings. The van der Waals surface area contributed by atoms with Gasteiger partial charge in [0.15, 0.2) is 6.23 Å². The molecule has 2 aliphatic heterocycles. The van der Waals surface area contributed by atoms with Gasteiger partial charge in [0.05, 0.1) is 30.0 Å². The lowest BCUT2D eigenvalue weighted by Crippen LogP contribution is -2.37. The molecule has 1 amide bonds. The van der Waals surface area contributed by atoms with Gasteiger partial charge in [0, 0.05) is 30.9 Å². The zero-order valence-electron chi connectivity index (χ0n) is 21.8. The van der Waals surface area contributed by atoms with Crippen LogP contribution in [0.1, 0.15) is 48.0 Å². The Balaban J connectivity index is 1.44. The maximum Gasteiger partial charge on any atom is 0.416 e. The molecule has 0 aliphatic carbocycles. The summed E-state index contributed by atoms with van der Waals surface area (Å²) in [6.45, 7) is 7.88. The van der Waals surface area contributed by atoms with E-state index in [2.05, 4.69) is 28.5 Å². The highest BCUT2D eigenvalue weighted by Crippen LogP contribution is 2.43. The van der Waals surface area contributed by atoms with E-state index < -0.39 is 29.7 Å². The number of rotatable bonds is 8. The molecule has 2 heterocycles. The van der Waals surface area contributed by atoms with Crippen molar-refractivity contribution in [3.63, 3.8) is 0 Å². The maximum atomic E-state index is 13.6. The van der Waals surface area contributed by atoms with Crippen molar-refractivity contribution >= 4 is 11.6 Å². The number of hydrogen-bond acceptors (Lipinski definition) is 5. The third-order valence-corrected chi connectivity index (χ3v) is 6.34. The number of carbonyl (C=O) groups is 1. The quantitative estimate of drug-likeness (QED) is 0.305. The molecule has 1 unspecified atom stereocenters. The van der Waals surface area contributed by atoms with Gasteiger partial charge in [-0.1, -0.05) is 31.2 Å². The molecule has 0 spiro atoms. The zero-order chi connectivity index (χ0) is 28.0. The Bertz CT molecular complexity index is 1280. The number of ether oxygens (including phenoxy) is 2. The minimum atomic E-state index is -4.78. The molecule has 1 fully saturated rings. The third-order valence-electron chi connectivity index (χ3n) is 6.34. The summed E-state index contributed by atoms with van der Waals surface area (Å²) in [5.41, 5.74) is 0.808. The fourth-order valence-electron chi connectivity index (χ4n) is 4.47. The molecule has 1 saturated heterocycles. The summed E-state index contributed by atoms with van der Waals surface area (Å²) >= 11 is 0. The van der Waals surface area contributed by atoms with E-state index in [0.29, 0.717) is 11.8 Å². The lowest BCUT2D eigenvalue weighted by molar-refractivity contribution is -0.139. The first-order valence-corrected chi connectivity index (χ1v) is 12.7. The number of hydrogen-bond donors (Lipinski definition) is 2. The number of allylic oxidation sites excluding steroid dienone is 4. The predicted octanol–water partition coefficient (Wildman–Crippen LogP) is 6.21. The van der Waals surface area contributed by atoms with Crippen LogP contribution in [0, 0.1) is 5.82 Å². The van der Waals surface area contributed by atoms with Crippen LogP contribution < -0.4 is 15.4 Å². The molecular formula is C29H31F4N3O3. The Morgan fingerprint density at radius 3 is 2.69 bits per heavy atom. The largest absolute Gasteiger partial charge is 0.464 e. The molecule has 39 heavy (non-hydrogen) atoms. The number of nitrogens with zero attached hydrogens (tertiary/aromatic N) is 1. The van der Waals surface area contributed by atoms with Crippen LogP contribution in [0.4, 0.5) is 23.2 Å². The number of fused-ring (bicyclic) bond motifs is 1. The second-order valence-electron chi connectivity index (χ2n) is 9.29. The number of anilines is 1. The van der Waals surface area contributed by atoms with E-state index in [1.165, 1.54) is 5.57 Å². The van der Waals surface area contributed by atoms with E-state index in [1.54, 1.807) is 31.2 Å². The van der Waals surface area contributed by atoms with Crippen LogP contribution >= 0.6 is 0 Å². The van der Waals surface area contributed by atoms with Crippen molar-refractivity contribution in [1.82, 2.24) is 10.2 Å². The lowest BCUT2D eigenvalue weighted by Gasteiger charge is -2.26. The van der Waals surface area contributed by atoms with E-state index in [4.69, 9.17) is 9.47 Å². The number of alkyl halides is 3. The van der Waals surface area contributed by atoms with Gasteiger partial charge in [-0.05, 0) is 55.3 Å². The Morgan fingerprint density at radius 2 is 1.97 bits per heavy atom. The molecule has 10 heteroatoms. The molecule has 2 aliphatic rings. The molecule has 0 radical (unpaired) electrons. The van der Waals surface area contributed by atoms with Gasteiger partial charge in [0.2, 0.25) is 0 Å². The molecular weight excluding hydrogens is 514 g/mol. The van der Waals surface area contributed by atoms with Crippen LogP contribution in [0.15, 0.2) is 72.0 Å². The number of para-hydroxylation sites is 1. The van der Waals surface area contributed by atoms with Crippen LogP contribution in [0.2, 0.25) is 0 Å². The summed E-state index contributed by atoms with van der Waals surface area (Å²) in [6, 6.07) is 7.09. The highest BCUT2D eigenvalue weighted by atomic mass is 19.4. The fraction of sp³-hybridized carbons (Fsp3) is 0.345. The topological polar surface area (TPSA) is 62.8 Å². The van der Waals surface area contributed by atoms with Crippen LogP contribution in [-0.4, -0.2) is 43.7 Å². The predicted molar refractivity (Wildman–Crippen MR) is 141 cm³/mol. The molecule has 2 aromatic carbocycles. The van der Waals surface area contributed by atoms with Crippen molar-refractivity contribution in [3.8, 4) is 5.75 Å². The van der Waals surface area contributed by atoms with Crippen LogP contribution in [0.5, 0.6) is 5.75 Å². The lowest BCUT2D eigenvalue weighted by atomic mass is 10.1. The summed E-state index contributed by atoms with van der Waals surface area (Å²) in [5, 5.41) is 5.67. The number of amides is 1.